The molecule has 2 fully saturated rings. The summed E-state index contributed by atoms with van der Waals surface area (Å²) in [5.74, 6) is 0.715. The van der Waals surface area contributed by atoms with E-state index in [2.05, 4.69) is 22.1 Å². The number of nitrogens with one attached hydrogen (secondary N) is 1. The van der Waals surface area contributed by atoms with Gasteiger partial charge in [-0.2, -0.15) is 0 Å². The molecule has 0 saturated carbocycles. The molecule has 28 heavy (non-hydrogen) atoms. The van der Waals surface area contributed by atoms with Crippen molar-refractivity contribution >= 4 is 22.7 Å². The van der Waals surface area contributed by atoms with E-state index in [1.807, 2.05) is 12.1 Å². The third kappa shape index (κ3) is 3.95. The third-order valence-electron chi connectivity index (χ3n) is 6.56. The number of hydrogen-bond acceptors (Lipinski definition) is 4. The summed E-state index contributed by atoms with van der Waals surface area (Å²) in [4.78, 5) is 18.2. The van der Waals surface area contributed by atoms with Crippen LogP contribution in [0.4, 0.5) is 10.5 Å². The Morgan fingerprint density at radius 2 is 1.89 bits per heavy atom. The van der Waals surface area contributed by atoms with Gasteiger partial charge in [0.2, 0.25) is 0 Å². The number of likely N-dealkylation sites (tertiary alicyclic amines) is 2. The SMILES string of the molecule is Nc1ccc2[nH]cc(C3CCN(CC(O)C4CCN(C(=O)O)CC4)CC3)c2c1. The molecular formula is C21H30N4O3. The van der Waals surface area contributed by atoms with Crippen LogP contribution in [0.25, 0.3) is 10.9 Å². The second-order valence-corrected chi connectivity index (χ2v) is 8.30. The summed E-state index contributed by atoms with van der Waals surface area (Å²) < 4.78 is 0. The molecule has 0 spiro atoms. The van der Waals surface area contributed by atoms with Crippen molar-refractivity contribution in [1.29, 1.82) is 0 Å². The number of aromatic amines is 1. The summed E-state index contributed by atoms with van der Waals surface area (Å²) in [6, 6.07) is 6.02. The largest absolute Gasteiger partial charge is 0.465 e. The summed E-state index contributed by atoms with van der Waals surface area (Å²) in [6.45, 7) is 3.70. The number of nitrogens with two attached hydrogens (primary N) is 1. The molecule has 152 valence electrons. The molecule has 5 N–H and O–H groups in total. The van der Waals surface area contributed by atoms with Gasteiger partial charge in [-0.15, -0.1) is 0 Å². The Kier molecular flexibility index (Phi) is 5.46. The molecule has 2 aliphatic heterocycles. The molecule has 1 atom stereocenters. The number of amides is 1. The van der Waals surface area contributed by atoms with Crippen LogP contribution in [-0.2, 0) is 0 Å². The number of rotatable bonds is 4. The van der Waals surface area contributed by atoms with E-state index in [0.717, 1.165) is 50.0 Å². The minimum absolute atomic E-state index is 0.199. The summed E-state index contributed by atoms with van der Waals surface area (Å²) in [7, 11) is 0. The van der Waals surface area contributed by atoms with Crippen LogP contribution in [0.15, 0.2) is 24.4 Å². The lowest BCUT2D eigenvalue weighted by molar-refractivity contribution is 0.0266. The first kappa shape index (κ1) is 19.1. The highest BCUT2D eigenvalue weighted by Gasteiger charge is 2.30. The fourth-order valence-electron chi connectivity index (χ4n) is 4.81. The van der Waals surface area contributed by atoms with Crippen molar-refractivity contribution in [3.63, 3.8) is 0 Å². The number of aliphatic hydroxyl groups excluding tert-OH is 1. The van der Waals surface area contributed by atoms with Crippen LogP contribution in [0.2, 0.25) is 0 Å². The van der Waals surface area contributed by atoms with Crippen molar-refractivity contribution in [2.24, 2.45) is 5.92 Å². The van der Waals surface area contributed by atoms with Crippen molar-refractivity contribution in [3.05, 3.63) is 30.0 Å². The molecule has 0 aliphatic carbocycles. The minimum Gasteiger partial charge on any atom is -0.465 e. The Hall–Kier alpha value is -2.25. The van der Waals surface area contributed by atoms with Gasteiger partial charge in [-0.1, -0.05) is 0 Å². The molecular weight excluding hydrogens is 356 g/mol. The molecule has 2 aliphatic rings. The van der Waals surface area contributed by atoms with Gasteiger partial charge in [-0.3, -0.25) is 0 Å². The summed E-state index contributed by atoms with van der Waals surface area (Å²) in [6.07, 6.45) is 4.55. The van der Waals surface area contributed by atoms with Gasteiger partial charge in [0.1, 0.15) is 0 Å². The first-order valence-electron chi connectivity index (χ1n) is 10.3. The second kappa shape index (κ2) is 8.01. The molecule has 1 aromatic carbocycles. The molecule has 0 bridgehead atoms. The number of benzene rings is 1. The quantitative estimate of drug-likeness (QED) is 0.605. The average molecular weight is 386 g/mol. The van der Waals surface area contributed by atoms with Gasteiger partial charge >= 0.3 is 6.09 Å². The number of hydrogen-bond donors (Lipinski definition) is 4. The zero-order valence-electron chi connectivity index (χ0n) is 16.2. The first-order chi connectivity index (χ1) is 13.5. The number of anilines is 1. The molecule has 2 aromatic rings. The van der Waals surface area contributed by atoms with Gasteiger partial charge in [0.25, 0.3) is 0 Å². The van der Waals surface area contributed by atoms with Gasteiger partial charge in [-0.05, 0) is 74.4 Å². The van der Waals surface area contributed by atoms with Gasteiger partial charge in [-0.25, -0.2) is 4.79 Å². The Morgan fingerprint density at radius 3 is 2.57 bits per heavy atom. The molecule has 2 saturated heterocycles. The van der Waals surface area contributed by atoms with Crippen LogP contribution in [0, 0.1) is 5.92 Å². The summed E-state index contributed by atoms with van der Waals surface area (Å²) in [5, 5.41) is 20.9. The standard InChI is InChI=1S/C21H30N4O3/c22-16-1-2-19-17(11-16)18(12-23-19)14-3-7-24(8-4-14)13-20(26)15-5-9-25(10-6-15)21(27)28/h1-2,11-12,14-15,20,23,26H,3-10,13,22H2,(H,27,28). The van der Waals surface area contributed by atoms with Crippen LogP contribution in [-0.4, -0.2) is 69.9 Å². The lowest BCUT2D eigenvalue weighted by Gasteiger charge is -2.37. The van der Waals surface area contributed by atoms with Crippen LogP contribution in [0.5, 0.6) is 0 Å². The van der Waals surface area contributed by atoms with E-state index in [1.54, 1.807) is 0 Å². The van der Waals surface area contributed by atoms with Gasteiger partial charge < -0.3 is 30.7 Å². The number of aliphatic hydroxyl groups is 1. The Morgan fingerprint density at radius 1 is 1.18 bits per heavy atom. The van der Waals surface area contributed by atoms with Crippen LogP contribution in [0.3, 0.4) is 0 Å². The predicted octanol–water partition coefficient (Wildman–Crippen LogP) is 2.68. The number of nitrogens with zero attached hydrogens (tertiary/aromatic N) is 2. The topological polar surface area (TPSA) is 106 Å². The first-order valence-corrected chi connectivity index (χ1v) is 10.3. The van der Waals surface area contributed by atoms with Gasteiger partial charge in [0.05, 0.1) is 6.10 Å². The van der Waals surface area contributed by atoms with Crippen molar-refractivity contribution in [3.8, 4) is 0 Å². The van der Waals surface area contributed by atoms with E-state index in [1.165, 1.54) is 15.8 Å². The van der Waals surface area contributed by atoms with E-state index in [4.69, 9.17) is 10.8 Å². The molecule has 7 heteroatoms. The van der Waals surface area contributed by atoms with E-state index in [0.29, 0.717) is 25.6 Å². The number of carbonyl (C=O) groups is 1. The molecule has 4 rings (SSSR count). The highest BCUT2D eigenvalue weighted by Crippen LogP contribution is 2.34. The number of β-amino-alcohol motifs (C(OH)–C–C–N with tert-alkyl or cyclic N) is 1. The fraction of sp³-hybridized carbons (Fsp3) is 0.571. The van der Waals surface area contributed by atoms with E-state index < -0.39 is 6.09 Å². The van der Waals surface area contributed by atoms with Gasteiger partial charge in [0, 0.05) is 42.4 Å². The fourth-order valence-corrected chi connectivity index (χ4v) is 4.81. The van der Waals surface area contributed by atoms with Crippen molar-refractivity contribution in [1.82, 2.24) is 14.8 Å². The summed E-state index contributed by atoms with van der Waals surface area (Å²) >= 11 is 0. The van der Waals surface area contributed by atoms with E-state index in [9.17, 15) is 9.90 Å². The minimum atomic E-state index is -0.853. The number of carboxylic acid groups (broad SMARTS) is 1. The normalized spacial score (nSPS) is 21.2. The number of fused-ring (bicyclic) bond motifs is 1. The Balaban J connectivity index is 1.29. The predicted molar refractivity (Wildman–Crippen MR) is 109 cm³/mol. The Bertz CT molecular complexity index is 820. The number of nitrogen functional groups attached to an aromatic ring is 1. The van der Waals surface area contributed by atoms with Crippen LogP contribution in [0.1, 0.15) is 37.2 Å². The molecule has 1 aromatic heterocycles. The molecule has 7 nitrogen and oxygen atoms in total. The molecule has 1 amide bonds. The molecule has 1 unspecified atom stereocenters. The number of aromatic nitrogens is 1. The van der Waals surface area contributed by atoms with Crippen molar-refractivity contribution < 1.29 is 15.0 Å². The summed E-state index contributed by atoms with van der Waals surface area (Å²) in [5.41, 5.74) is 9.25. The zero-order valence-corrected chi connectivity index (χ0v) is 16.2. The van der Waals surface area contributed by atoms with Gasteiger partial charge in [0.15, 0.2) is 0 Å². The Labute approximate surface area is 165 Å². The highest BCUT2D eigenvalue weighted by molar-refractivity contribution is 5.86. The lowest BCUT2D eigenvalue weighted by Crippen LogP contribution is -2.45. The number of piperidine rings is 2. The third-order valence-corrected chi connectivity index (χ3v) is 6.56. The van der Waals surface area contributed by atoms with Crippen molar-refractivity contribution in [2.75, 3.05) is 38.5 Å². The molecule has 0 radical (unpaired) electrons. The zero-order chi connectivity index (χ0) is 19.7. The average Bonchev–Trinajstić information content (AvgIpc) is 3.11. The van der Waals surface area contributed by atoms with Crippen LogP contribution < -0.4 is 5.73 Å². The maximum absolute atomic E-state index is 11.0. The maximum atomic E-state index is 11.0. The van der Waals surface area contributed by atoms with E-state index in [-0.39, 0.29) is 12.0 Å². The van der Waals surface area contributed by atoms with Crippen molar-refractivity contribution in [2.45, 2.75) is 37.7 Å². The highest BCUT2D eigenvalue weighted by atomic mass is 16.4. The van der Waals surface area contributed by atoms with E-state index >= 15 is 0 Å². The lowest BCUT2D eigenvalue weighted by atomic mass is 9.87. The van der Waals surface area contributed by atoms with Crippen LogP contribution >= 0.6 is 0 Å². The second-order valence-electron chi connectivity index (χ2n) is 8.30. The monoisotopic (exact) mass is 386 g/mol. The smallest absolute Gasteiger partial charge is 0.407 e. The maximum Gasteiger partial charge on any atom is 0.407 e. The number of H-pyrrole nitrogens is 1. The molecule has 3 heterocycles.